The summed E-state index contributed by atoms with van der Waals surface area (Å²) in [6, 6.07) is 11.3. The summed E-state index contributed by atoms with van der Waals surface area (Å²) >= 11 is 0. The van der Waals surface area contributed by atoms with Crippen molar-refractivity contribution in [3.8, 4) is 0 Å². The summed E-state index contributed by atoms with van der Waals surface area (Å²) in [5, 5.41) is 0. The van der Waals surface area contributed by atoms with E-state index in [0.29, 0.717) is 6.04 Å². The number of hydrogen-bond donors (Lipinski definition) is 1. The van der Waals surface area contributed by atoms with Crippen molar-refractivity contribution < 1.29 is 0 Å². The molecule has 0 spiro atoms. The number of benzene rings is 1. The standard InChI is InChI=1S/C13H19N/c14-13-8-6-12(7-9-13)10-11-4-2-1-3-5-11/h1-5,12-13H,6-10,14H2/t12-,13+. The Balaban J connectivity index is 1.87. The molecule has 1 heteroatoms. The Morgan fingerprint density at radius 2 is 1.64 bits per heavy atom. The van der Waals surface area contributed by atoms with Crippen LogP contribution in [0.5, 0.6) is 0 Å². The fourth-order valence-corrected chi connectivity index (χ4v) is 2.34. The molecule has 2 N–H and O–H groups in total. The van der Waals surface area contributed by atoms with Crippen LogP contribution in [0.2, 0.25) is 0 Å². The first-order chi connectivity index (χ1) is 6.84. The zero-order chi connectivity index (χ0) is 9.80. The molecule has 76 valence electrons. The molecule has 0 amide bonds. The maximum Gasteiger partial charge on any atom is 0.00390 e. The summed E-state index contributed by atoms with van der Waals surface area (Å²) in [5.41, 5.74) is 7.37. The van der Waals surface area contributed by atoms with Crippen LogP contribution in [-0.2, 0) is 6.42 Å². The predicted octanol–water partition coefficient (Wildman–Crippen LogP) is 2.75. The second-order valence-electron chi connectivity index (χ2n) is 4.47. The van der Waals surface area contributed by atoms with Crippen molar-refractivity contribution in [3.63, 3.8) is 0 Å². The van der Waals surface area contributed by atoms with E-state index >= 15 is 0 Å². The molecule has 1 nitrogen and oxygen atoms in total. The van der Waals surface area contributed by atoms with E-state index in [-0.39, 0.29) is 0 Å². The fourth-order valence-electron chi connectivity index (χ4n) is 2.34. The average Bonchev–Trinajstić information content (AvgIpc) is 2.23. The van der Waals surface area contributed by atoms with Gasteiger partial charge in [0.25, 0.3) is 0 Å². The van der Waals surface area contributed by atoms with Crippen molar-refractivity contribution in [1.29, 1.82) is 0 Å². The molecular weight excluding hydrogens is 170 g/mol. The quantitative estimate of drug-likeness (QED) is 0.760. The van der Waals surface area contributed by atoms with E-state index in [0.717, 1.165) is 5.92 Å². The summed E-state index contributed by atoms with van der Waals surface area (Å²) in [6.07, 6.45) is 6.31. The lowest BCUT2D eigenvalue weighted by molar-refractivity contribution is 0.325. The Morgan fingerprint density at radius 3 is 2.29 bits per heavy atom. The van der Waals surface area contributed by atoms with Crippen LogP contribution < -0.4 is 5.73 Å². The maximum absolute atomic E-state index is 5.89. The highest BCUT2D eigenvalue weighted by atomic mass is 14.6. The molecule has 0 aliphatic heterocycles. The molecule has 0 unspecified atom stereocenters. The number of rotatable bonds is 2. The van der Waals surface area contributed by atoms with Gasteiger partial charge in [-0.15, -0.1) is 0 Å². The molecule has 2 rings (SSSR count). The van der Waals surface area contributed by atoms with Crippen LogP contribution in [0.15, 0.2) is 30.3 Å². The molecular formula is C13H19N. The molecule has 1 fully saturated rings. The van der Waals surface area contributed by atoms with Gasteiger partial charge in [-0.25, -0.2) is 0 Å². The molecule has 0 bridgehead atoms. The Bertz CT molecular complexity index is 260. The molecule has 0 heterocycles. The number of nitrogens with two attached hydrogens (primary N) is 1. The molecule has 0 saturated heterocycles. The largest absolute Gasteiger partial charge is 0.328 e. The molecule has 0 aromatic heterocycles. The van der Waals surface area contributed by atoms with Crippen LogP contribution in [0, 0.1) is 5.92 Å². The predicted molar refractivity (Wildman–Crippen MR) is 60.1 cm³/mol. The van der Waals surface area contributed by atoms with Crippen LogP contribution >= 0.6 is 0 Å². The van der Waals surface area contributed by atoms with E-state index < -0.39 is 0 Å². The first-order valence-corrected chi connectivity index (χ1v) is 5.64. The molecule has 14 heavy (non-hydrogen) atoms. The summed E-state index contributed by atoms with van der Waals surface area (Å²) in [4.78, 5) is 0. The van der Waals surface area contributed by atoms with Gasteiger partial charge in [-0.1, -0.05) is 30.3 Å². The average molecular weight is 189 g/mol. The summed E-state index contributed by atoms with van der Waals surface area (Å²) < 4.78 is 0. The van der Waals surface area contributed by atoms with Crippen LogP contribution in [0.4, 0.5) is 0 Å². The van der Waals surface area contributed by atoms with Crippen molar-refractivity contribution in [1.82, 2.24) is 0 Å². The van der Waals surface area contributed by atoms with Crippen LogP contribution in [0.25, 0.3) is 0 Å². The molecule has 1 aromatic carbocycles. The van der Waals surface area contributed by atoms with Crippen LogP contribution in [0.3, 0.4) is 0 Å². The van der Waals surface area contributed by atoms with E-state index in [4.69, 9.17) is 5.73 Å². The van der Waals surface area contributed by atoms with Gasteiger partial charge in [-0.3, -0.25) is 0 Å². The van der Waals surface area contributed by atoms with E-state index in [1.807, 2.05) is 0 Å². The van der Waals surface area contributed by atoms with Crippen molar-refractivity contribution in [2.75, 3.05) is 0 Å². The number of hydrogen-bond acceptors (Lipinski definition) is 1. The fraction of sp³-hybridized carbons (Fsp3) is 0.538. The van der Waals surface area contributed by atoms with Crippen LogP contribution in [0.1, 0.15) is 31.2 Å². The molecule has 1 saturated carbocycles. The Hall–Kier alpha value is -0.820. The second kappa shape index (κ2) is 4.61. The van der Waals surface area contributed by atoms with Gasteiger partial charge in [0.1, 0.15) is 0 Å². The summed E-state index contributed by atoms with van der Waals surface area (Å²) in [5.74, 6) is 0.872. The van der Waals surface area contributed by atoms with Crippen molar-refractivity contribution in [2.24, 2.45) is 11.7 Å². The third-order valence-corrected chi connectivity index (χ3v) is 3.26. The van der Waals surface area contributed by atoms with Gasteiger partial charge in [0.05, 0.1) is 0 Å². The van der Waals surface area contributed by atoms with Gasteiger partial charge >= 0.3 is 0 Å². The first kappa shape index (κ1) is 9.72. The normalized spacial score (nSPS) is 27.5. The van der Waals surface area contributed by atoms with Crippen molar-refractivity contribution >= 4 is 0 Å². The maximum atomic E-state index is 5.89. The zero-order valence-electron chi connectivity index (χ0n) is 8.65. The van der Waals surface area contributed by atoms with Gasteiger partial charge in [0.15, 0.2) is 0 Å². The molecule has 0 radical (unpaired) electrons. The van der Waals surface area contributed by atoms with E-state index in [9.17, 15) is 0 Å². The zero-order valence-corrected chi connectivity index (χ0v) is 8.65. The minimum absolute atomic E-state index is 0.474. The summed E-state index contributed by atoms with van der Waals surface area (Å²) in [7, 11) is 0. The lowest BCUT2D eigenvalue weighted by Gasteiger charge is -2.25. The summed E-state index contributed by atoms with van der Waals surface area (Å²) in [6.45, 7) is 0. The molecule has 1 aliphatic carbocycles. The first-order valence-electron chi connectivity index (χ1n) is 5.64. The van der Waals surface area contributed by atoms with Gasteiger partial charge in [0.2, 0.25) is 0 Å². The topological polar surface area (TPSA) is 26.0 Å². The second-order valence-corrected chi connectivity index (χ2v) is 4.47. The minimum Gasteiger partial charge on any atom is -0.328 e. The molecule has 0 atom stereocenters. The van der Waals surface area contributed by atoms with Gasteiger partial charge in [-0.05, 0) is 43.6 Å². The van der Waals surface area contributed by atoms with Gasteiger partial charge in [-0.2, -0.15) is 0 Å². The van der Waals surface area contributed by atoms with Crippen molar-refractivity contribution in [2.45, 2.75) is 38.1 Å². The van der Waals surface area contributed by atoms with Crippen molar-refractivity contribution in [3.05, 3.63) is 35.9 Å². The highest BCUT2D eigenvalue weighted by molar-refractivity contribution is 5.15. The Kier molecular flexibility index (Phi) is 3.20. The molecule has 1 aliphatic rings. The van der Waals surface area contributed by atoms with E-state index in [2.05, 4.69) is 30.3 Å². The van der Waals surface area contributed by atoms with Gasteiger partial charge < -0.3 is 5.73 Å². The highest BCUT2D eigenvalue weighted by Gasteiger charge is 2.18. The third kappa shape index (κ3) is 2.58. The lowest BCUT2D eigenvalue weighted by atomic mass is 9.83. The highest BCUT2D eigenvalue weighted by Crippen LogP contribution is 2.26. The van der Waals surface area contributed by atoms with E-state index in [1.165, 1.54) is 37.7 Å². The third-order valence-electron chi connectivity index (χ3n) is 3.26. The Labute approximate surface area is 86.3 Å². The Morgan fingerprint density at radius 1 is 1.00 bits per heavy atom. The monoisotopic (exact) mass is 189 g/mol. The molecule has 1 aromatic rings. The SMILES string of the molecule is N[C@H]1CC[C@@H](Cc2ccccc2)CC1. The van der Waals surface area contributed by atoms with Gasteiger partial charge in [0, 0.05) is 6.04 Å². The van der Waals surface area contributed by atoms with Crippen LogP contribution in [-0.4, -0.2) is 6.04 Å². The lowest BCUT2D eigenvalue weighted by Crippen LogP contribution is -2.27. The van der Waals surface area contributed by atoms with E-state index in [1.54, 1.807) is 0 Å². The smallest absolute Gasteiger partial charge is 0.00390 e. The minimum atomic E-state index is 0.474.